The Morgan fingerprint density at radius 3 is 2.09 bits per heavy atom. The molecule has 3 nitrogen and oxygen atoms in total. The number of carbonyl (C=O) groups excluding carboxylic acids is 1. The Bertz CT molecular complexity index is 895. The molecule has 3 fully saturated rings. The van der Waals surface area contributed by atoms with Crippen LogP contribution in [0, 0.1) is 22.7 Å². The van der Waals surface area contributed by atoms with Gasteiger partial charge in [-0.25, -0.2) is 0 Å². The van der Waals surface area contributed by atoms with Crippen molar-refractivity contribution in [3.63, 3.8) is 0 Å². The van der Waals surface area contributed by atoms with Crippen LogP contribution in [0.15, 0.2) is 60.7 Å². The van der Waals surface area contributed by atoms with Crippen LogP contribution < -0.4 is 0 Å². The topological polar surface area (TPSA) is 29.5 Å². The van der Waals surface area contributed by atoms with E-state index in [2.05, 4.69) is 25.7 Å². The Hall–Kier alpha value is -2.13. The third-order valence-electron chi connectivity index (χ3n) is 9.32. The lowest BCUT2D eigenvalue weighted by Gasteiger charge is -2.40. The largest absolute Gasteiger partial charge is 0.461 e. The highest BCUT2D eigenvalue weighted by Crippen LogP contribution is 2.68. The summed E-state index contributed by atoms with van der Waals surface area (Å²) >= 11 is 0. The van der Waals surface area contributed by atoms with Crippen molar-refractivity contribution >= 4 is 5.97 Å². The van der Waals surface area contributed by atoms with Crippen LogP contribution in [-0.2, 0) is 9.53 Å². The van der Waals surface area contributed by atoms with E-state index < -0.39 is 0 Å². The quantitative estimate of drug-likeness (QED) is 0.534. The molecule has 2 aliphatic carbocycles. The van der Waals surface area contributed by atoms with Crippen molar-refractivity contribution in [1.29, 1.82) is 0 Å². The van der Waals surface area contributed by atoms with E-state index in [1.54, 1.807) is 0 Å². The molecule has 3 heteroatoms. The van der Waals surface area contributed by atoms with Crippen LogP contribution in [0.25, 0.3) is 0 Å². The van der Waals surface area contributed by atoms with E-state index in [1.807, 2.05) is 60.7 Å². The van der Waals surface area contributed by atoms with Gasteiger partial charge in [-0.15, -0.1) is 0 Å². The minimum Gasteiger partial charge on any atom is -0.461 e. The first-order valence-electron chi connectivity index (χ1n) is 12.4. The predicted molar refractivity (Wildman–Crippen MR) is 128 cm³/mol. The average molecular weight is 432 g/mol. The second-order valence-electron chi connectivity index (χ2n) is 11.1. The number of benzene rings is 2. The fourth-order valence-electron chi connectivity index (χ4n) is 7.16. The van der Waals surface area contributed by atoms with Gasteiger partial charge in [0.2, 0.25) is 0 Å². The van der Waals surface area contributed by atoms with Crippen LogP contribution in [0.2, 0.25) is 0 Å². The summed E-state index contributed by atoms with van der Waals surface area (Å²) in [6, 6.07) is 20.2. The van der Waals surface area contributed by atoms with Crippen molar-refractivity contribution in [1.82, 2.24) is 4.90 Å². The van der Waals surface area contributed by atoms with E-state index in [9.17, 15) is 4.79 Å². The second kappa shape index (κ2) is 8.33. The van der Waals surface area contributed by atoms with E-state index in [0.717, 1.165) is 24.1 Å². The average Bonchev–Trinajstić information content (AvgIpc) is 3.42. The smallest absolute Gasteiger partial charge is 0.318 e. The standard InChI is InChI=1S/C29H37NO2/c1-28(2)24-16-17-29(28,3)26(23(24)20-30-18-10-11-19-30)32-27(31)25(21-12-6-4-7-13-21)22-14-8-5-9-15-22/h4-9,12-15,23-26H,10-11,16-20H2,1-3H3. The van der Waals surface area contributed by atoms with Crippen molar-refractivity contribution in [2.45, 2.75) is 58.5 Å². The van der Waals surface area contributed by atoms with Gasteiger partial charge in [-0.3, -0.25) is 4.79 Å². The number of hydrogen-bond acceptors (Lipinski definition) is 3. The summed E-state index contributed by atoms with van der Waals surface area (Å²) in [5, 5.41) is 0. The molecule has 0 radical (unpaired) electrons. The van der Waals surface area contributed by atoms with Crippen LogP contribution in [0.1, 0.15) is 63.5 Å². The first kappa shape index (κ1) is 21.7. The monoisotopic (exact) mass is 431 g/mol. The van der Waals surface area contributed by atoms with E-state index in [-0.39, 0.29) is 28.8 Å². The van der Waals surface area contributed by atoms with Gasteiger partial charge in [0.05, 0.1) is 0 Å². The number of hydrogen-bond donors (Lipinski definition) is 0. The molecule has 1 saturated heterocycles. The summed E-state index contributed by atoms with van der Waals surface area (Å²) in [6.07, 6.45) is 5.00. The highest BCUT2D eigenvalue weighted by Gasteiger charge is 2.67. The number of likely N-dealkylation sites (tertiary alicyclic amines) is 1. The summed E-state index contributed by atoms with van der Waals surface area (Å²) in [5.41, 5.74) is 2.24. The lowest BCUT2D eigenvalue weighted by Crippen LogP contribution is -2.45. The summed E-state index contributed by atoms with van der Waals surface area (Å²) in [6.45, 7) is 10.7. The number of fused-ring (bicyclic) bond motifs is 2. The lowest BCUT2D eigenvalue weighted by atomic mass is 9.70. The SMILES string of the molecule is CC1(C)C2CCC1(C)C(OC(=O)C(c1ccccc1)c1ccccc1)C2CN1CCCC1. The molecule has 2 bridgehead atoms. The van der Waals surface area contributed by atoms with Gasteiger partial charge in [0.1, 0.15) is 12.0 Å². The van der Waals surface area contributed by atoms with Crippen molar-refractivity contribution in [2.75, 3.05) is 19.6 Å². The van der Waals surface area contributed by atoms with E-state index in [0.29, 0.717) is 11.8 Å². The third kappa shape index (κ3) is 3.50. The molecule has 4 unspecified atom stereocenters. The highest BCUT2D eigenvalue weighted by atomic mass is 16.5. The molecule has 2 saturated carbocycles. The normalized spacial score (nSPS) is 31.3. The van der Waals surface area contributed by atoms with Crippen LogP contribution in [-0.4, -0.2) is 36.6 Å². The maximum absolute atomic E-state index is 13.9. The van der Waals surface area contributed by atoms with Gasteiger partial charge in [-0.1, -0.05) is 81.4 Å². The van der Waals surface area contributed by atoms with Crippen LogP contribution in [0.4, 0.5) is 0 Å². The molecule has 0 spiro atoms. The zero-order chi connectivity index (χ0) is 22.3. The molecule has 4 atom stereocenters. The molecule has 5 rings (SSSR count). The fraction of sp³-hybridized carbons (Fsp3) is 0.552. The molecular weight excluding hydrogens is 394 g/mol. The molecule has 2 aromatic carbocycles. The molecule has 0 amide bonds. The van der Waals surface area contributed by atoms with Gasteiger partial charge in [0.15, 0.2) is 0 Å². The lowest BCUT2D eigenvalue weighted by molar-refractivity contribution is -0.162. The van der Waals surface area contributed by atoms with Crippen LogP contribution >= 0.6 is 0 Å². The van der Waals surface area contributed by atoms with Gasteiger partial charge in [-0.2, -0.15) is 0 Å². The summed E-state index contributed by atoms with van der Waals surface area (Å²) < 4.78 is 6.61. The van der Waals surface area contributed by atoms with Crippen LogP contribution in [0.3, 0.4) is 0 Å². The van der Waals surface area contributed by atoms with Gasteiger partial charge >= 0.3 is 5.97 Å². The first-order chi connectivity index (χ1) is 15.4. The van der Waals surface area contributed by atoms with Gasteiger partial charge in [-0.05, 0) is 61.2 Å². The van der Waals surface area contributed by atoms with Crippen molar-refractivity contribution in [3.05, 3.63) is 71.8 Å². The van der Waals surface area contributed by atoms with Crippen molar-refractivity contribution in [3.8, 4) is 0 Å². The molecule has 1 heterocycles. The number of ether oxygens (including phenoxy) is 1. The second-order valence-corrected chi connectivity index (χ2v) is 11.1. The molecule has 0 aromatic heterocycles. The predicted octanol–water partition coefficient (Wildman–Crippen LogP) is 5.90. The molecule has 32 heavy (non-hydrogen) atoms. The number of nitrogens with zero attached hydrogens (tertiary/aromatic N) is 1. The minimum absolute atomic E-state index is 0.0146. The molecule has 170 valence electrons. The van der Waals surface area contributed by atoms with Crippen molar-refractivity contribution < 1.29 is 9.53 Å². The summed E-state index contributed by atoms with van der Waals surface area (Å²) in [5.74, 6) is 0.579. The zero-order valence-corrected chi connectivity index (χ0v) is 19.8. The Kier molecular flexibility index (Phi) is 5.65. The molecule has 0 N–H and O–H groups in total. The third-order valence-corrected chi connectivity index (χ3v) is 9.32. The number of carbonyl (C=O) groups is 1. The molecule has 2 aromatic rings. The maximum Gasteiger partial charge on any atom is 0.318 e. The number of rotatable bonds is 6. The molecule has 3 aliphatic rings. The summed E-state index contributed by atoms with van der Waals surface area (Å²) in [4.78, 5) is 16.5. The van der Waals surface area contributed by atoms with E-state index in [1.165, 1.54) is 32.4 Å². The fourth-order valence-corrected chi connectivity index (χ4v) is 7.16. The Labute approximate surface area is 193 Å². The van der Waals surface area contributed by atoms with E-state index in [4.69, 9.17) is 4.74 Å². The van der Waals surface area contributed by atoms with Gasteiger partial charge in [0.25, 0.3) is 0 Å². The molecule has 1 aliphatic heterocycles. The first-order valence-corrected chi connectivity index (χ1v) is 12.4. The van der Waals surface area contributed by atoms with Gasteiger partial charge < -0.3 is 9.64 Å². The maximum atomic E-state index is 13.9. The number of esters is 1. The zero-order valence-electron chi connectivity index (χ0n) is 19.8. The Balaban J connectivity index is 1.46. The van der Waals surface area contributed by atoms with Crippen LogP contribution in [0.5, 0.6) is 0 Å². The molecular formula is C29H37NO2. The Morgan fingerprint density at radius 2 is 1.53 bits per heavy atom. The van der Waals surface area contributed by atoms with Gasteiger partial charge in [0, 0.05) is 17.9 Å². The highest BCUT2D eigenvalue weighted by molar-refractivity contribution is 5.82. The minimum atomic E-state index is -0.379. The summed E-state index contributed by atoms with van der Waals surface area (Å²) in [7, 11) is 0. The van der Waals surface area contributed by atoms with Crippen molar-refractivity contribution in [2.24, 2.45) is 22.7 Å². The van der Waals surface area contributed by atoms with E-state index >= 15 is 0 Å². The Morgan fingerprint density at radius 1 is 0.969 bits per heavy atom.